The number of carbonyl (C=O) groups is 4. The number of allylic oxidation sites excluding steroid dienone is 1. The van der Waals surface area contributed by atoms with E-state index in [-0.39, 0.29) is 18.8 Å². The molecule has 5 heteroatoms. The maximum absolute atomic E-state index is 13.4. The lowest BCUT2D eigenvalue weighted by molar-refractivity contribution is -0.156. The second-order valence-electron chi connectivity index (χ2n) is 9.00. The van der Waals surface area contributed by atoms with Crippen molar-refractivity contribution in [3.63, 3.8) is 0 Å². The van der Waals surface area contributed by atoms with Gasteiger partial charge in [0.05, 0.1) is 5.41 Å². The molecule has 5 atom stereocenters. The molecule has 136 valence electrons. The van der Waals surface area contributed by atoms with E-state index < -0.39 is 57.3 Å². The molecule has 0 aromatic rings. The van der Waals surface area contributed by atoms with Crippen molar-refractivity contribution < 1.29 is 24.3 Å². The number of ketones is 4. The van der Waals surface area contributed by atoms with Gasteiger partial charge in [-0.15, -0.1) is 0 Å². The second-order valence-corrected chi connectivity index (χ2v) is 9.00. The smallest absolute Gasteiger partial charge is 0.195 e. The van der Waals surface area contributed by atoms with Gasteiger partial charge in [0.15, 0.2) is 28.7 Å². The molecule has 0 aromatic heterocycles. The molecule has 3 aliphatic rings. The SMILES string of the molecule is C=C(C)C1CC23C(=O)C(C(=O)C(C)C)C(=O)C2(O)C(=O)CC3C1(C)C. The van der Waals surface area contributed by atoms with Crippen LogP contribution in [0, 0.1) is 34.5 Å². The summed E-state index contributed by atoms with van der Waals surface area (Å²) < 4.78 is 0. The third kappa shape index (κ3) is 1.77. The van der Waals surface area contributed by atoms with Gasteiger partial charge >= 0.3 is 0 Å². The molecule has 0 aliphatic heterocycles. The lowest BCUT2D eigenvalue weighted by Crippen LogP contribution is -2.52. The van der Waals surface area contributed by atoms with Crippen molar-refractivity contribution in [2.24, 2.45) is 34.5 Å². The summed E-state index contributed by atoms with van der Waals surface area (Å²) in [6, 6.07) is 0. The first-order valence-electron chi connectivity index (χ1n) is 8.88. The van der Waals surface area contributed by atoms with Crippen molar-refractivity contribution >= 4 is 23.1 Å². The van der Waals surface area contributed by atoms with Gasteiger partial charge in [0.25, 0.3) is 0 Å². The first-order chi connectivity index (χ1) is 11.3. The van der Waals surface area contributed by atoms with Crippen molar-refractivity contribution in [2.45, 2.75) is 53.1 Å². The van der Waals surface area contributed by atoms with Gasteiger partial charge in [0.1, 0.15) is 5.92 Å². The molecule has 3 aliphatic carbocycles. The van der Waals surface area contributed by atoms with Crippen LogP contribution in [0.1, 0.15) is 47.5 Å². The third-order valence-electron chi connectivity index (χ3n) is 7.12. The Kier molecular flexibility index (Phi) is 3.61. The Balaban J connectivity index is 2.23. The highest BCUT2D eigenvalue weighted by Gasteiger charge is 2.83. The van der Waals surface area contributed by atoms with E-state index in [1.165, 1.54) is 0 Å². The van der Waals surface area contributed by atoms with Crippen molar-refractivity contribution in [1.82, 2.24) is 0 Å². The zero-order chi connectivity index (χ0) is 19.1. The molecule has 0 bridgehead atoms. The molecule has 0 aromatic carbocycles. The Labute approximate surface area is 147 Å². The topological polar surface area (TPSA) is 88.5 Å². The van der Waals surface area contributed by atoms with Gasteiger partial charge in [0, 0.05) is 12.3 Å². The molecular formula is C20H26O5. The Bertz CT molecular complexity index is 730. The summed E-state index contributed by atoms with van der Waals surface area (Å²) in [5, 5.41) is 11.2. The fraction of sp³-hybridized carbons (Fsp3) is 0.700. The van der Waals surface area contributed by atoms with Gasteiger partial charge in [-0.3, -0.25) is 19.2 Å². The monoisotopic (exact) mass is 346 g/mol. The standard InChI is InChI=1S/C20H26O5/c1-9(2)11-8-19-12(18(11,5)6)7-13(21)20(19,25)17(24)14(16(19)23)15(22)10(3)4/h10-12,14,25H,1,7-8H2,2-6H3. The maximum atomic E-state index is 13.4. The summed E-state index contributed by atoms with van der Waals surface area (Å²) >= 11 is 0. The Morgan fingerprint density at radius 2 is 1.76 bits per heavy atom. The average Bonchev–Trinajstić information content (AvgIpc) is 2.95. The van der Waals surface area contributed by atoms with Crippen molar-refractivity contribution in [3.05, 3.63) is 12.2 Å². The number of Topliss-reactive ketones (excluding diaryl/α,β-unsaturated/α-hetero) is 4. The molecule has 0 heterocycles. The third-order valence-corrected chi connectivity index (χ3v) is 7.12. The summed E-state index contributed by atoms with van der Waals surface area (Å²) in [4.78, 5) is 51.5. The van der Waals surface area contributed by atoms with Crippen LogP contribution < -0.4 is 0 Å². The van der Waals surface area contributed by atoms with Gasteiger partial charge in [-0.05, 0) is 30.6 Å². The van der Waals surface area contributed by atoms with E-state index in [0.717, 1.165) is 5.57 Å². The van der Waals surface area contributed by atoms with Crippen LogP contribution >= 0.6 is 0 Å². The minimum absolute atomic E-state index is 0.00660. The van der Waals surface area contributed by atoms with Gasteiger partial charge in [-0.25, -0.2) is 0 Å². The van der Waals surface area contributed by atoms with Gasteiger partial charge < -0.3 is 5.11 Å². The summed E-state index contributed by atoms with van der Waals surface area (Å²) in [6.07, 6.45) is 0.196. The Morgan fingerprint density at radius 1 is 1.20 bits per heavy atom. The zero-order valence-electron chi connectivity index (χ0n) is 15.5. The minimum atomic E-state index is -2.36. The number of rotatable bonds is 3. The first kappa shape index (κ1) is 18.2. The summed E-state index contributed by atoms with van der Waals surface area (Å²) in [5.41, 5.74) is -3.44. The zero-order valence-corrected chi connectivity index (χ0v) is 15.5. The second kappa shape index (κ2) is 4.97. The van der Waals surface area contributed by atoms with Crippen molar-refractivity contribution in [1.29, 1.82) is 0 Å². The quantitative estimate of drug-likeness (QED) is 0.623. The Morgan fingerprint density at radius 3 is 2.24 bits per heavy atom. The molecule has 0 amide bonds. The van der Waals surface area contributed by atoms with Crippen LogP contribution in [0.4, 0.5) is 0 Å². The van der Waals surface area contributed by atoms with Crippen LogP contribution in [0.25, 0.3) is 0 Å². The molecule has 3 rings (SSSR count). The minimum Gasteiger partial charge on any atom is -0.374 e. The molecule has 0 saturated heterocycles. The number of carbonyl (C=O) groups excluding carboxylic acids is 4. The largest absolute Gasteiger partial charge is 0.374 e. The number of aliphatic hydroxyl groups is 1. The number of hydrogen-bond donors (Lipinski definition) is 1. The summed E-state index contributed by atoms with van der Waals surface area (Å²) in [5.74, 6) is -5.15. The fourth-order valence-corrected chi connectivity index (χ4v) is 5.82. The first-order valence-corrected chi connectivity index (χ1v) is 8.88. The van der Waals surface area contributed by atoms with Crippen molar-refractivity contribution in [2.75, 3.05) is 0 Å². The highest BCUT2D eigenvalue weighted by molar-refractivity contribution is 6.36. The Hall–Kier alpha value is -1.62. The predicted molar refractivity (Wildman–Crippen MR) is 90.5 cm³/mol. The highest BCUT2D eigenvalue weighted by atomic mass is 16.3. The van der Waals surface area contributed by atoms with E-state index in [0.29, 0.717) is 0 Å². The van der Waals surface area contributed by atoms with E-state index in [1.54, 1.807) is 13.8 Å². The summed E-state index contributed by atoms with van der Waals surface area (Å²) in [7, 11) is 0. The normalized spacial score (nSPS) is 42.0. The van der Waals surface area contributed by atoms with Gasteiger partial charge in [-0.2, -0.15) is 0 Å². The van der Waals surface area contributed by atoms with Crippen LogP contribution in [-0.4, -0.2) is 33.8 Å². The van der Waals surface area contributed by atoms with Crippen LogP contribution in [0.5, 0.6) is 0 Å². The molecular weight excluding hydrogens is 320 g/mol. The van der Waals surface area contributed by atoms with Crippen LogP contribution in [0.15, 0.2) is 12.2 Å². The summed E-state index contributed by atoms with van der Waals surface area (Å²) in [6.45, 7) is 13.0. The van der Waals surface area contributed by atoms with E-state index in [9.17, 15) is 24.3 Å². The molecule has 0 radical (unpaired) electrons. The van der Waals surface area contributed by atoms with Crippen LogP contribution in [-0.2, 0) is 19.2 Å². The lowest BCUT2D eigenvalue weighted by Gasteiger charge is -2.35. The van der Waals surface area contributed by atoms with E-state index in [2.05, 4.69) is 6.58 Å². The molecule has 1 N–H and O–H groups in total. The van der Waals surface area contributed by atoms with E-state index >= 15 is 0 Å². The maximum Gasteiger partial charge on any atom is 0.195 e. The van der Waals surface area contributed by atoms with Crippen LogP contribution in [0.2, 0.25) is 0 Å². The predicted octanol–water partition coefficient (Wildman–Crippen LogP) is 1.91. The van der Waals surface area contributed by atoms with E-state index in [4.69, 9.17) is 0 Å². The fourth-order valence-electron chi connectivity index (χ4n) is 5.82. The molecule has 3 fully saturated rings. The molecule has 25 heavy (non-hydrogen) atoms. The van der Waals surface area contributed by atoms with Crippen LogP contribution in [0.3, 0.4) is 0 Å². The lowest BCUT2D eigenvalue weighted by atomic mass is 9.67. The molecule has 5 nitrogen and oxygen atoms in total. The average molecular weight is 346 g/mol. The van der Waals surface area contributed by atoms with Crippen molar-refractivity contribution in [3.8, 4) is 0 Å². The molecule has 3 saturated carbocycles. The molecule has 5 unspecified atom stereocenters. The highest BCUT2D eigenvalue weighted by Crippen LogP contribution is 2.71. The van der Waals surface area contributed by atoms with Gasteiger partial charge in [-0.1, -0.05) is 39.8 Å². The molecule has 1 spiro atoms. The van der Waals surface area contributed by atoms with E-state index in [1.807, 2.05) is 20.8 Å². The van der Waals surface area contributed by atoms with Gasteiger partial charge in [0.2, 0.25) is 0 Å². The number of hydrogen-bond acceptors (Lipinski definition) is 5.